The molecule has 0 aromatic carbocycles. The van der Waals surface area contributed by atoms with Crippen LogP contribution in [0.4, 0.5) is 0 Å². The second-order valence-corrected chi connectivity index (χ2v) is 4.28. The van der Waals surface area contributed by atoms with E-state index in [9.17, 15) is 24.0 Å². The molecule has 0 amide bonds. The van der Waals surface area contributed by atoms with Gasteiger partial charge < -0.3 is 0 Å². The van der Waals surface area contributed by atoms with E-state index in [0.29, 0.717) is 13.7 Å². The number of nitrogens with zero attached hydrogens (tertiary/aromatic N) is 3. The Morgan fingerprint density at radius 1 is 1.00 bits per heavy atom. The van der Waals surface area contributed by atoms with E-state index in [0.717, 1.165) is 6.20 Å². The first-order valence-electron chi connectivity index (χ1n) is 4.98. The maximum Gasteiger partial charge on any atom is 0.341 e. The summed E-state index contributed by atoms with van der Waals surface area (Å²) in [7, 11) is 0. The third-order valence-corrected chi connectivity index (χ3v) is 2.36. The van der Waals surface area contributed by atoms with Gasteiger partial charge in [-0.3, -0.25) is 9.59 Å². The smallest absolute Gasteiger partial charge is 0.279 e. The Hall–Kier alpha value is -2.15. The Balaban J connectivity index is 3.82. The Morgan fingerprint density at radius 3 is 1.70 bits per heavy atom. The van der Waals surface area contributed by atoms with Crippen LogP contribution in [-0.2, 0) is 22.7 Å². The second-order valence-electron chi connectivity index (χ2n) is 3.43. The molecule has 0 radical (unpaired) electrons. The molecule has 0 N–H and O–H groups in total. The Kier molecular flexibility index (Phi) is 5.04. The van der Waals surface area contributed by atoms with Crippen LogP contribution in [0.5, 0.6) is 0 Å². The highest BCUT2D eigenvalue weighted by atomic mass is 35.5. The molecule has 106 valence electrons. The van der Waals surface area contributed by atoms with Crippen molar-refractivity contribution in [3.8, 4) is 0 Å². The van der Waals surface area contributed by atoms with Gasteiger partial charge in [-0.1, -0.05) is 6.58 Å². The van der Waals surface area contributed by atoms with Crippen molar-refractivity contribution in [1.82, 2.24) is 13.7 Å². The third kappa shape index (κ3) is 3.24. The quantitative estimate of drug-likeness (QED) is 0.509. The van der Waals surface area contributed by atoms with Crippen LogP contribution >= 0.6 is 23.2 Å². The number of rotatable bonds is 5. The van der Waals surface area contributed by atoms with Crippen LogP contribution < -0.4 is 17.1 Å². The minimum Gasteiger partial charge on any atom is -0.279 e. The molecule has 0 spiro atoms. The van der Waals surface area contributed by atoms with Crippen molar-refractivity contribution in [2.75, 3.05) is 0 Å². The lowest BCUT2D eigenvalue weighted by molar-refractivity contribution is -0.112. The van der Waals surface area contributed by atoms with E-state index in [4.69, 9.17) is 23.2 Å². The molecule has 0 atom stereocenters. The third-order valence-electron chi connectivity index (χ3n) is 2.12. The summed E-state index contributed by atoms with van der Waals surface area (Å²) < 4.78 is 1.24. The SMILES string of the molecule is C=C=Cn1c(=O)n(CC(=O)Cl)c(=O)n(CC(=O)Cl)c1=O. The van der Waals surface area contributed by atoms with Gasteiger partial charge in [0.1, 0.15) is 13.1 Å². The summed E-state index contributed by atoms with van der Waals surface area (Å²) in [5, 5.41) is -2.00. The van der Waals surface area contributed by atoms with Crippen molar-refractivity contribution in [3.05, 3.63) is 43.8 Å². The highest BCUT2D eigenvalue weighted by Gasteiger charge is 2.17. The molecule has 0 saturated carbocycles. The van der Waals surface area contributed by atoms with Crippen molar-refractivity contribution in [3.63, 3.8) is 0 Å². The van der Waals surface area contributed by atoms with Crippen molar-refractivity contribution in [2.24, 2.45) is 0 Å². The van der Waals surface area contributed by atoms with Crippen LogP contribution in [0, 0.1) is 0 Å². The zero-order valence-electron chi connectivity index (χ0n) is 9.84. The molecule has 1 aromatic rings. The average molecular weight is 320 g/mol. The van der Waals surface area contributed by atoms with E-state index < -0.39 is 40.6 Å². The van der Waals surface area contributed by atoms with Gasteiger partial charge in [-0.05, 0) is 23.2 Å². The van der Waals surface area contributed by atoms with Gasteiger partial charge in [0.25, 0.3) is 0 Å². The number of hydrogen-bond acceptors (Lipinski definition) is 5. The molecule has 20 heavy (non-hydrogen) atoms. The van der Waals surface area contributed by atoms with Crippen molar-refractivity contribution in [1.29, 1.82) is 0 Å². The number of hydrogen-bond donors (Lipinski definition) is 0. The summed E-state index contributed by atoms with van der Waals surface area (Å²) in [5.74, 6) is 0. The van der Waals surface area contributed by atoms with Gasteiger partial charge in [-0.25, -0.2) is 28.1 Å². The fourth-order valence-electron chi connectivity index (χ4n) is 1.37. The normalized spacial score (nSPS) is 9.90. The first-order chi connectivity index (χ1) is 9.29. The molecule has 1 rings (SSSR count). The lowest BCUT2D eigenvalue weighted by Crippen LogP contribution is -2.54. The van der Waals surface area contributed by atoms with Gasteiger partial charge >= 0.3 is 17.1 Å². The summed E-state index contributed by atoms with van der Waals surface area (Å²) in [6.45, 7) is 1.65. The molecular formula is C10H7Cl2N3O5. The van der Waals surface area contributed by atoms with E-state index >= 15 is 0 Å². The molecule has 0 fully saturated rings. The van der Waals surface area contributed by atoms with Gasteiger partial charge in [-0.2, -0.15) is 0 Å². The Bertz CT molecular complexity index is 740. The lowest BCUT2D eigenvalue weighted by Gasteiger charge is -2.08. The van der Waals surface area contributed by atoms with Crippen LogP contribution in [0.25, 0.3) is 6.20 Å². The van der Waals surface area contributed by atoms with E-state index in [1.54, 1.807) is 0 Å². The van der Waals surface area contributed by atoms with E-state index in [1.807, 2.05) is 0 Å². The van der Waals surface area contributed by atoms with Crippen molar-refractivity contribution < 1.29 is 9.59 Å². The highest BCUT2D eigenvalue weighted by Crippen LogP contribution is 1.86. The molecule has 1 aromatic heterocycles. The standard InChI is InChI=1S/C10H7Cl2N3O5/c1-2-3-13-8(18)14(4-6(11)16)10(20)15(9(13)19)5-7(12)17/h3H,1,4-5H2. The minimum absolute atomic E-state index is 0.393. The van der Waals surface area contributed by atoms with E-state index in [-0.39, 0.29) is 0 Å². The van der Waals surface area contributed by atoms with Gasteiger partial charge in [0.2, 0.25) is 10.5 Å². The summed E-state index contributed by atoms with van der Waals surface area (Å²) in [4.78, 5) is 57.3. The molecule has 8 nitrogen and oxygen atoms in total. The predicted octanol–water partition coefficient (Wildman–Crippen LogP) is -1.04. The predicted molar refractivity (Wildman–Crippen MR) is 70.8 cm³/mol. The summed E-state index contributed by atoms with van der Waals surface area (Å²) in [6, 6.07) is 0. The topological polar surface area (TPSA) is 100 Å². The molecule has 1 heterocycles. The van der Waals surface area contributed by atoms with E-state index in [2.05, 4.69) is 12.3 Å². The Labute approximate surface area is 120 Å². The van der Waals surface area contributed by atoms with Crippen molar-refractivity contribution >= 4 is 39.9 Å². The minimum atomic E-state index is -1.17. The van der Waals surface area contributed by atoms with Crippen LogP contribution in [0.3, 0.4) is 0 Å². The summed E-state index contributed by atoms with van der Waals surface area (Å²) >= 11 is 10.2. The molecule has 0 aliphatic heterocycles. The first-order valence-corrected chi connectivity index (χ1v) is 5.74. The second kappa shape index (κ2) is 6.33. The van der Waals surface area contributed by atoms with Crippen LogP contribution in [-0.4, -0.2) is 24.2 Å². The van der Waals surface area contributed by atoms with Crippen LogP contribution in [0.2, 0.25) is 0 Å². The molecular weight excluding hydrogens is 313 g/mol. The average Bonchev–Trinajstić information content (AvgIpc) is 2.35. The van der Waals surface area contributed by atoms with Gasteiger partial charge in [0.15, 0.2) is 0 Å². The maximum atomic E-state index is 11.9. The zero-order chi connectivity index (χ0) is 15.4. The van der Waals surface area contributed by atoms with Gasteiger partial charge in [0, 0.05) is 0 Å². The summed E-state index contributed by atoms with van der Waals surface area (Å²) in [5.41, 5.74) is -1.22. The highest BCUT2D eigenvalue weighted by molar-refractivity contribution is 6.63. The number of carbonyl (C=O) groups is 2. The molecule has 10 heteroatoms. The van der Waals surface area contributed by atoms with Crippen molar-refractivity contribution in [2.45, 2.75) is 13.1 Å². The fourth-order valence-corrected chi connectivity index (χ4v) is 1.61. The molecule has 0 aliphatic carbocycles. The number of carbonyl (C=O) groups excluding carboxylic acids is 2. The fraction of sp³-hybridized carbons (Fsp3) is 0.200. The molecule has 0 aliphatic rings. The van der Waals surface area contributed by atoms with E-state index in [1.165, 1.54) is 0 Å². The first kappa shape index (κ1) is 15.9. The van der Waals surface area contributed by atoms with Crippen LogP contribution in [0.1, 0.15) is 0 Å². The molecule has 0 saturated heterocycles. The molecule has 0 unspecified atom stereocenters. The monoisotopic (exact) mass is 319 g/mol. The lowest BCUT2D eigenvalue weighted by atomic mass is 10.6. The van der Waals surface area contributed by atoms with Gasteiger partial charge in [-0.15, -0.1) is 5.73 Å². The van der Waals surface area contributed by atoms with Gasteiger partial charge in [0.05, 0.1) is 6.20 Å². The molecule has 0 bridgehead atoms. The maximum absolute atomic E-state index is 11.9. The number of aromatic nitrogens is 3. The Morgan fingerprint density at radius 2 is 1.40 bits per heavy atom. The zero-order valence-corrected chi connectivity index (χ0v) is 11.3. The summed E-state index contributed by atoms with van der Waals surface area (Å²) in [6.07, 6.45) is 0.856. The largest absolute Gasteiger partial charge is 0.341 e. The van der Waals surface area contributed by atoms with Crippen LogP contribution in [0.15, 0.2) is 26.7 Å². The number of halogens is 2.